The van der Waals surface area contributed by atoms with Gasteiger partial charge in [0.25, 0.3) is 5.41 Å². The fourth-order valence-electron chi connectivity index (χ4n) is 1.97. The van der Waals surface area contributed by atoms with Crippen LogP contribution in [0, 0.1) is 11.3 Å². The molecule has 0 fully saturated rings. The van der Waals surface area contributed by atoms with E-state index in [2.05, 4.69) is 0 Å². The molecule has 0 bridgehead atoms. The molecule has 1 unspecified atom stereocenters. The summed E-state index contributed by atoms with van der Waals surface area (Å²) in [6.45, 7) is 4.49. The van der Waals surface area contributed by atoms with E-state index in [1.54, 1.807) is 13.8 Å². The van der Waals surface area contributed by atoms with Crippen LogP contribution in [0.15, 0.2) is 0 Å². The first-order valence-corrected chi connectivity index (χ1v) is 7.11. The van der Waals surface area contributed by atoms with Gasteiger partial charge >= 0.3 is 23.9 Å². The van der Waals surface area contributed by atoms with Crippen LogP contribution in [0.4, 0.5) is 0 Å². The van der Waals surface area contributed by atoms with Crippen molar-refractivity contribution in [3.8, 4) is 0 Å². The molecule has 0 aliphatic rings. The molecule has 0 saturated heterocycles. The molecule has 0 aromatic rings. The van der Waals surface area contributed by atoms with Crippen molar-refractivity contribution in [2.75, 3.05) is 13.2 Å². The van der Waals surface area contributed by atoms with Crippen molar-refractivity contribution in [3.05, 3.63) is 0 Å². The van der Waals surface area contributed by atoms with Crippen molar-refractivity contribution in [2.45, 2.75) is 40.0 Å². The maximum atomic E-state index is 12.2. The number of rotatable bonds is 10. The van der Waals surface area contributed by atoms with Crippen LogP contribution in [0.2, 0.25) is 0 Å². The van der Waals surface area contributed by atoms with Crippen LogP contribution in [0.1, 0.15) is 40.0 Å². The first kappa shape index (κ1) is 19.9. The quantitative estimate of drug-likeness (QED) is 0.452. The van der Waals surface area contributed by atoms with Crippen LogP contribution in [-0.2, 0) is 28.7 Å². The highest BCUT2D eigenvalue weighted by Crippen LogP contribution is 2.35. The molecule has 8 nitrogen and oxygen atoms in total. The van der Waals surface area contributed by atoms with E-state index in [4.69, 9.17) is 9.47 Å². The highest BCUT2D eigenvalue weighted by atomic mass is 16.6. The molecule has 2 N–H and O–H groups in total. The lowest BCUT2D eigenvalue weighted by Gasteiger charge is -2.29. The van der Waals surface area contributed by atoms with Crippen LogP contribution in [0.5, 0.6) is 0 Å². The molecule has 0 rings (SSSR count). The molecule has 22 heavy (non-hydrogen) atoms. The highest BCUT2D eigenvalue weighted by molar-refractivity contribution is 6.19. The van der Waals surface area contributed by atoms with E-state index in [0.29, 0.717) is 12.8 Å². The Hall–Kier alpha value is -2.12. The van der Waals surface area contributed by atoms with Gasteiger partial charge in [-0.05, 0) is 19.3 Å². The molecule has 0 aromatic carbocycles. The van der Waals surface area contributed by atoms with Crippen LogP contribution in [0.3, 0.4) is 0 Å². The van der Waals surface area contributed by atoms with E-state index in [1.807, 2.05) is 0 Å². The Morgan fingerprint density at radius 3 is 1.55 bits per heavy atom. The lowest BCUT2D eigenvalue weighted by molar-refractivity contribution is -0.191. The minimum absolute atomic E-state index is 0.120. The topological polar surface area (TPSA) is 127 Å². The highest BCUT2D eigenvalue weighted by Gasteiger charge is 2.64. The van der Waals surface area contributed by atoms with Crippen molar-refractivity contribution >= 4 is 23.9 Å². The summed E-state index contributed by atoms with van der Waals surface area (Å²) in [5.41, 5.74) is -2.90. The van der Waals surface area contributed by atoms with Crippen LogP contribution in [-0.4, -0.2) is 47.3 Å². The van der Waals surface area contributed by atoms with Crippen LogP contribution in [0.25, 0.3) is 0 Å². The van der Waals surface area contributed by atoms with Gasteiger partial charge in [0.15, 0.2) is 0 Å². The molecule has 0 spiro atoms. The van der Waals surface area contributed by atoms with Gasteiger partial charge in [-0.2, -0.15) is 0 Å². The fourth-order valence-corrected chi connectivity index (χ4v) is 1.97. The summed E-state index contributed by atoms with van der Waals surface area (Å²) in [5.74, 6) is -8.05. The van der Waals surface area contributed by atoms with Crippen LogP contribution < -0.4 is 0 Å². The van der Waals surface area contributed by atoms with Gasteiger partial charge in [-0.15, -0.1) is 0 Å². The summed E-state index contributed by atoms with van der Waals surface area (Å²) in [6.07, 6.45) is 0.550. The molecule has 0 heterocycles. The molecule has 0 aromatic heterocycles. The van der Waals surface area contributed by atoms with E-state index in [9.17, 15) is 29.4 Å². The Labute approximate surface area is 128 Å². The molecule has 0 radical (unpaired) electrons. The van der Waals surface area contributed by atoms with Crippen molar-refractivity contribution < 1.29 is 38.9 Å². The minimum atomic E-state index is -2.90. The van der Waals surface area contributed by atoms with E-state index in [1.165, 1.54) is 6.92 Å². The third-order valence-electron chi connectivity index (χ3n) is 3.08. The zero-order chi connectivity index (χ0) is 17.3. The summed E-state index contributed by atoms with van der Waals surface area (Å²) in [7, 11) is 0. The number of hydrogen-bond acceptors (Lipinski definition) is 6. The Balaban J connectivity index is 5.95. The monoisotopic (exact) mass is 318 g/mol. The zero-order valence-corrected chi connectivity index (χ0v) is 13.0. The first-order valence-electron chi connectivity index (χ1n) is 7.11. The molecular formula is C14H22O8. The molecule has 0 aliphatic heterocycles. The predicted molar refractivity (Wildman–Crippen MR) is 74.0 cm³/mol. The van der Waals surface area contributed by atoms with Gasteiger partial charge in [-0.3, -0.25) is 19.2 Å². The van der Waals surface area contributed by atoms with Crippen molar-refractivity contribution in [1.29, 1.82) is 0 Å². The van der Waals surface area contributed by atoms with Gasteiger partial charge in [0.05, 0.1) is 19.1 Å². The molecule has 0 saturated carbocycles. The number of aliphatic carboxylic acids is 2. The predicted octanol–water partition coefficient (Wildman–Crippen LogP) is 1.07. The maximum Gasteiger partial charge on any atom is 0.336 e. The summed E-state index contributed by atoms with van der Waals surface area (Å²) in [5, 5.41) is 18.7. The zero-order valence-electron chi connectivity index (χ0n) is 13.0. The summed E-state index contributed by atoms with van der Waals surface area (Å²) >= 11 is 0. The summed E-state index contributed by atoms with van der Waals surface area (Å²) < 4.78 is 9.54. The Bertz CT molecular complexity index is 409. The molecule has 0 amide bonds. The standard InChI is InChI=1S/C14H22O8/c1-4-7-21-12(19)14(11(17)18,9(6-3)10(15)16)13(20)22-8-5-2/h9H,4-8H2,1-3H3,(H,15,16)(H,17,18). The molecule has 126 valence electrons. The average Bonchev–Trinajstić information content (AvgIpc) is 2.46. The number of carbonyl (C=O) groups is 4. The fraction of sp³-hybridized carbons (Fsp3) is 0.714. The Morgan fingerprint density at radius 1 is 0.909 bits per heavy atom. The third-order valence-corrected chi connectivity index (χ3v) is 3.08. The molecular weight excluding hydrogens is 296 g/mol. The second kappa shape index (κ2) is 9.01. The number of hydrogen-bond donors (Lipinski definition) is 2. The first-order chi connectivity index (χ1) is 10.3. The van der Waals surface area contributed by atoms with Gasteiger partial charge in [0.2, 0.25) is 0 Å². The number of esters is 2. The normalized spacial score (nSPS) is 12.3. The molecule has 1 atom stereocenters. The largest absolute Gasteiger partial charge is 0.481 e. The van der Waals surface area contributed by atoms with Crippen molar-refractivity contribution in [1.82, 2.24) is 0 Å². The maximum absolute atomic E-state index is 12.2. The number of ether oxygens (including phenoxy) is 2. The van der Waals surface area contributed by atoms with Crippen LogP contribution >= 0.6 is 0 Å². The third kappa shape index (κ3) is 3.96. The summed E-state index contributed by atoms with van der Waals surface area (Å²) in [6, 6.07) is 0. The Morgan fingerprint density at radius 2 is 1.32 bits per heavy atom. The van der Waals surface area contributed by atoms with E-state index in [-0.39, 0.29) is 19.6 Å². The number of carbonyl (C=O) groups excluding carboxylic acids is 2. The molecule has 0 aliphatic carbocycles. The lowest BCUT2D eigenvalue weighted by Crippen LogP contribution is -2.55. The van der Waals surface area contributed by atoms with Gasteiger partial charge in [0, 0.05) is 0 Å². The van der Waals surface area contributed by atoms with E-state index >= 15 is 0 Å². The average molecular weight is 318 g/mol. The van der Waals surface area contributed by atoms with E-state index in [0.717, 1.165) is 0 Å². The van der Waals surface area contributed by atoms with E-state index < -0.39 is 35.2 Å². The van der Waals surface area contributed by atoms with Gasteiger partial charge in [-0.1, -0.05) is 20.8 Å². The van der Waals surface area contributed by atoms with Gasteiger partial charge in [-0.25, -0.2) is 0 Å². The second-order valence-corrected chi connectivity index (χ2v) is 4.68. The number of carboxylic acids is 2. The second-order valence-electron chi connectivity index (χ2n) is 4.68. The minimum Gasteiger partial charge on any atom is -0.481 e. The SMILES string of the molecule is CCCOC(=O)C(C(=O)O)(C(=O)OCCC)C(CC)C(=O)O. The van der Waals surface area contributed by atoms with Gasteiger partial charge < -0.3 is 19.7 Å². The lowest BCUT2D eigenvalue weighted by atomic mass is 9.73. The molecule has 8 heteroatoms. The summed E-state index contributed by atoms with van der Waals surface area (Å²) in [4.78, 5) is 47.4. The Kier molecular flexibility index (Phi) is 8.14. The smallest absolute Gasteiger partial charge is 0.336 e. The van der Waals surface area contributed by atoms with Crippen molar-refractivity contribution in [2.24, 2.45) is 11.3 Å². The van der Waals surface area contributed by atoms with Crippen molar-refractivity contribution in [3.63, 3.8) is 0 Å². The van der Waals surface area contributed by atoms with Gasteiger partial charge in [0.1, 0.15) is 0 Å². The number of carboxylic acid groups (broad SMARTS) is 2.